The molecular formula is C28H40N2O6Si2. The van der Waals surface area contributed by atoms with Crippen molar-refractivity contribution in [1.82, 2.24) is 5.06 Å². The number of nitrogens with zero attached hydrogens (tertiary/aromatic N) is 2. The molecule has 3 aliphatic rings. The van der Waals surface area contributed by atoms with Gasteiger partial charge in [0.15, 0.2) is 5.78 Å². The maximum atomic E-state index is 13.6. The summed E-state index contributed by atoms with van der Waals surface area (Å²) < 4.78 is 21.2. The number of hydrogen-bond donors (Lipinski definition) is 0. The van der Waals surface area contributed by atoms with Crippen LogP contribution in [0.15, 0.2) is 42.0 Å². The molecule has 4 rings (SSSR count). The van der Waals surface area contributed by atoms with Gasteiger partial charge in [0, 0.05) is 6.08 Å². The second-order valence-corrected chi connectivity index (χ2v) is 20.7. The highest BCUT2D eigenvalue weighted by Gasteiger charge is 2.71. The Morgan fingerprint density at radius 2 is 1.53 bits per heavy atom. The van der Waals surface area contributed by atoms with E-state index in [-0.39, 0.29) is 52.5 Å². The highest BCUT2D eigenvalue weighted by molar-refractivity contribution is 6.84. The monoisotopic (exact) mass is 556 g/mol. The maximum Gasteiger partial charge on any atom is 0.335 e. The molecular weight excluding hydrogens is 516 g/mol. The highest BCUT2D eigenvalue weighted by Crippen LogP contribution is 2.54. The van der Waals surface area contributed by atoms with Crippen LogP contribution in [-0.2, 0) is 34.0 Å². The number of nitriles is 1. The molecule has 2 heterocycles. The lowest BCUT2D eigenvalue weighted by Gasteiger charge is -2.57. The normalized spacial score (nSPS) is 28.4. The molecule has 10 heteroatoms. The van der Waals surface area contributed by atoms with Gasteiger partial charge in [-0.15, -0.1) is 0 Å². The summed E-state index contributed by atoms with van der Waals surface area (Å²) in [7, 11) is -6.12. The van der Waals surface area contributed by atoms with Crippen molar-refractivity contribution in [2.75, 3.05) is 0 Å². The van der Waals surface area contributed by atoms with Crippen LogP contribution in [0.5, 0.6) is 0 Å². The third-order valence-corrected chi connectivity index (χ3v) is 18.5. The number of benzene rings is 1. The molecule has 0 bridgehead atoms. The van der Waals surface area contributed by atoms with E-state index in [9.17, 15) is 14.9 Å². The molecule has 1 spiro atoms. The average molecular weight is 557 g/mol. The smallest absolute Gasteiger partial charge is 0.335 e. The summed E-state index contributed by atoms with van der Waals surface area (Å²) in [6, 6.07) is 11.7. The molecule has 38 heavy (non-hydrogen) atoms. The van der Waals surface area contributed by atoms with E-state index in [1.807, 2.05) is 30.3 Å². The molecule has 0 unspecified atom stereocenters. The molecule has 1 aromatic carbocycles. The number of amides is 1. The number of β-lactam (4-membered cyclic amide) rings is 1. The van der Waals surface area contributed by atoms with E-state index in [4.69, 9.17) is 17.8 Å². The zero-order valence-corrected chi connectivity index (χ0v) is 25.7. The fourth-order valence-corrected chi connectivity index (χ4v) is 17.4. The molecule has 0 saturated carbocycles. The minimum Gasteiger partial charge on any atom is -0.414 e. The van der Waals surface area contributed by atoms with Gasteiger partial charge < -0.3 is 13.0 Å². The summed E-state index contributed by atoms with van der Waals surface area (Å²) in [5.74, 6) is -0.583. The Hall–Kier alpha value is -2.14. The van der Waals surface area contributed by atoms with Crippen LogP contribution in [-0.4, -0.2) is 51.6 Å². The molecule has 3 atom stereocenters. The van der Waals surface area contributed by atoms with Gasteiger partial charge in [-0.2, -0.15) is 5.26 Å². The topological polar surface area (TPSA) is 98.1 Å². The highest BCUT2D eigenvalue weighted by atomic mass is 28.5. The lowest BCUT2D eigenvalue weighted by molar-refractivity contribution is -0.274. The van der Waals surface area contributed by atoms with Crippen LogP contribution in [0.3, 0.4) is 0 Å². The molecule has 8 nitrogen and oxygen atoms in total. The molecule has 0 N–H and O–H groups in total. The second-order valence-electron chi connectivity index (χ2n) is 11.9. The number of hydroxylamine groups is 2. The summed E-state index contributed by atoms with van der Waals surface area (Å²) in [5.41, 5.74) is -0.0456. The first kappa shape index (κ1) is 28.9. The number of ketones is 1. The molecule has 0 radical (unpaired) electrons. The van der Waals surface area contributed by atoms with E-state index < -0.39 is 34.9 Å². The van der Waals surface area contributed by atoms with E-state index in [1.165, 1.54) is 11.1 Å². The van der Waals surface area contributed by atoms with Gasteiger partial charge in [-0.25, -0.2) is 5.06 Å². The van der Waals surface area contributed by atoms with Crippen molar-refractivity contribution >= 4 is 28.8 Å². The molecule has 1 aliphatic carbocycles. The number of hydrogen-bond acceptors (Lipinski definition) is 7. The Balaban J connectivity index is 1.88. The van der Waals surface area contributed by atoms with Crippen molar-refractivity contribution in [1.29, 1.82) is 5.26 Å². The van der Waals surface area contributed by atoms with Crippen LogP contribution in [0.25, 0.3) is 0 Å². The minimum atomic E-state index is -3.08. The third-order valence-electron chi connectivity index (χ3n) is 8.27. The van der Waals surface area contributed by atoms with Crippen LogP contribution in [0.4, 0.5) is 0 Å². The standard InChI is InChI=1S/C28H40N2O6Si2/c1-18(2)37(19(3)4)34-26-24(31)14-23(16-29)28(27(26)35-38(36-37,20(5)6)21(7)8)15-25(32)30(28)33-17-22-12-10-9-11-13-22/h9-14,18-21,26-27H,15,17H2,1-8H3/t26-,27-,28-/m1/s1. The van der Waals surface area contributed by atoms with Crippen molar-refractivity contribution in [2.24, 2.45) is 0 Å². The summed E-state index contributed by atoms with van der Waals surface area (Å²) >= 11 is 0. The van der Waals surface area contributed by atoms with Crippen molar-refractivity contribution in [2.45, 2.75) is 108 Å². The minimum absolute atomic E-state index is 0.00241. The van der Waals surface area contributed by atoms with Crippen molar-refractivity contribution in [3.05, 3.63) is 47.5 Å². The summed E-state index contributed by atoms with van der Waals surface area (Å²) in [6.07, 6.45) is -0.579. The lowest BCUT2D eigenvalue weighted by atomic mass is 9.69. The van der Waals surface area contributed by atoms with Gasteiger partial charge in [0.25, 0.3) is 0 Å². The van der Waals surface area contributed by atoms with E-state index >= 15 is 0 Å². The van der Waals surface area contributed by atoms with Gasteiger partial charge in [-0.05, 0) is 27.7 Å². The summed E-state index contributed by atoms with van der Waals surface area (Å²) in [6.45, 7) is 16.9. The van der Waals surface area contributed by atoms with Gasteiger partial charge >= 0.3 is 17.1 Å². The van der Waals surface area contributed by atoms with Gasteiger partial charge in [0.05, 0.1) is 18.1 Å². The maximum absolute atomic E-state index is 13.6. The fraction of sp³-hybridized carbons (Fsp3) is 0.607. The van der Waals surface area contributed by atoms with Gasteiger partial charge in [0.2, 0.25) is 5.91 Å². The van der Waals surface area contributed by atoms with Crippen molar-refractivity contribution in [3.8, 4) is 6.07 Å². The molecule has 1 amide bonds. The first-order valence-corrected chi connectivity index (χ1v) is 17.5. The Labute approximate surface area is 228 Å². The number of carbonyl (C=O) groups excluding carboxylic acids is 2. The molecule has 2 saturated heterocycles. The van der Waals surface area contributed by atoms with E-state index in [0.29, 0.717) is 0 Å². The lowest BCUT2D eigenvalue weighted by Crippen LogP contribution is -2.75. The second kappa shape index (κ2) is 10.4. The van der Waals surface area contributed by atoms with E-state index in [2.05, 4.69) is 61.5 Å². The Morgan fingerprint density at radius 1 is 0.974 bits per heavy atom. The predicted molar refractivity (Wildman–Crippen MR) is 147 cm³/mol. The number of carbonyl (C=O) groups is 2. The Kier molecular flexibility index (Phi) is 7.93. The molecule has 2 fully saturated rings. The zero-order valence-electron chi connectivity index (χ0n) is 23.7. The van der Waals surface area contributed by atoms with Gasteiger partial charge in [-0.1, -0.05) is 85.7 Å². The Bertz CT molecular complexity index is 1130. The SMILES string of the molecule is CC(C)[Si]1(C(C)C)O[C@@H]2C(=O)C=C(C#N)[C@]3(CC(=O)N3OCc3ccccc3)[C@@H]2O[Si](C(C)C)(C(C)C)O1. The first-order chi connectivity index (χ1) is 17.9. The number of fused-ring (bicyclic) bond motifs is 2. The number of rotatable bonds is 7. The van der Waals surface area contributed by atoms with Crippen LogP contribution in [0.2, 0.25) is 22.2 Å². The summed E-state index contributed by atoms with van der Waals surface area (Å²) in [4.78, 5) is 32.8. The zero-order chi connectivity index (χ0) is 28.0. The largest absolute Gasteiger partial charge is 0.414 e. The molecule has 0 aromatic heterocycles. The van der Waals surface area contributed by atoms with Crippen LogP contribution in [0, 0.1) is 11.3 Å². The van der Waals surface area contributed by atoms with Crippen LogP contribution < -0.4 is 0 Å². The van der Waals surface area contributed by atoms with Crippen molar-refractivity contribution < 1.29 is 27.4 Å². The third kappa shape index (κ3) is 4.33. The van der Waals surface area contributed by atoms with Gasteiger partial charge in [0.1, 0.15) is 24.4 Å². The molecule has 2 aliphatic heterocycles. The van der Waals surface area contributed by atoms with E-state index in [0.717, 1.165) is 5.56 Å². The molecule has 1 aromatic rings. The van der Waals surface area contributed by atoms with E-state index in [1.54, 1.807) is 0 Å². The van der Waals surface area contributed by atoms with Gasteiger partial charge in [-0.3, -0.25) is 14.4 Å². The fourth-order valence-electron chi connectivity index (χ4n) is 6.18. The summed E-state index contributed by atoms with van der Waals surface area (Å²) in [5, 5.41) is 11.5. The Morgan fingerprint density at radius 3 is 2.03 bits per heavy atom. The molecule has 206 valence electrons. The average Bonchev–Trinajstić information content (AvgIpc) is 3.04. The van der Waals surface area contributed by atoms with Crippen LogP contribution in [0.1, 0.15) is 67.4 Å². The predicted octanol–water partition coefficient (Wildman–Crippen LogP) is 5.45. The first-order valence-electron chi connectivity index (χ1n) is 13.6. The quantitative estimate of drug-likeness (QED) is 0.325. The van der Waals surface area contributed by atoms with Crippen molar-refractivity contribution in [3.63, 3.8) is 0 Å². The van der Waals surface area contributed by atoms with Crippen LogP contribution >= 0.6 is 0 Å².